The predicted molar refractivity (Wildman–Crippen MR) is 48.1 cm³/mol. The Kier molecular flexibility index (Phi) is 3.58. The van der Waals surface area contributed by atoms with Gasteiger partial charge in [-0.2, -0.15) is 13.2 Å². The van der Waals surface area contributed by atoms with E-state index in [9.17, 15) is 18.0 Å². The van der Waals surface area contributed by atoms with Crippen molar-refractivity contribution < 1.29 is 22.7 Å². The molecule has 15 heavy (non-hydrogen) atoms. The van der Waals surface area contributed by atoms with Gasteiger partial charge < -0.3 is 4.74 Å². The summed E-state index contributed by atoms with van der Waals surface area (Å²) in [6.07, 6.45) is -3.56. The van der Waals surface area contributed by atoms with Crippen LogP contribution in [0.1, 0.15) is 32.6 Å². The fourth-order valence-corrected chi connectivity index (χ4v) is 1.96. The van der Waals surface area contributed by atoms with Crippen molar-refractivity contribution in [2.75, 3.05) is 6.61 Å². The lowest BCUT2D eigenvalue weighted by molar-refractivity contribution is -0.266. The monoisotopic (exact) mass is 222 g/mol. The van der Waals surface area contributed by atoms with E-state index < -0.39 is 11.8 Å². The number of hydrogen-bond donors (Lipinski definition) is 0. The third-order valence-electron chi connectivity index (χ3n) is 2.66. The van der Waals surface area contributed by atoms with Crippen LogP contribution in [0.25, 0.3) is 0 Å². The van der Waals surface area contributed by atoms with Gasteiger partial charge in [-0.25, -0.2) is 4.79 Å². The molecule has 5 heteroatoms. The van der Waals surface area contributed by atoms with Gasteiger partial charge in [-0.1, -0.05) is 0 Å². The largest absolute Gasteiger partial charge is 0.422 e. The lowest BCUT2D eigenvalue weighted by Crippen LogP contribution is -2.51. The van der Waals surface area contributed by atoms with Crippen molar-refractivity contribution in [3.05, 3.63) is 5.57 Å². The van der Waals surface area contributed by atoms with Gasteiger partial charge in [0.25, 0.3) is 0 Å². The van der Waals surface area contributed by atoms with Crippen LogP contribution < -0.4 is 0 Å². The van der Waals surface area contributed by atoms with Crippen LogP contribution in [0, 0.1) is 0 Å². The molecule has 1 aliphatic carbocycles. The second-order valence-electron chi connectivity index (χ2n) is 3.55. The smallest absolute Gasteiger partial charge is 0.361 e. The minimum Gasteiger partial charge on any atom is -0.361 e. The van der Waals surface area contributed by atoms with E-state index in [1.807, 2.05) is 0 Å². The van der Waals surface area contributed by atoms with Gasteiger partial charge in [0.05, 0.1) is 5.57 Å². The van der Waals surface area contributed by atoms with Gasteiger partial charge >= 0.3 is 6.18 Å². The van der Waals surface area contributed by atoms with Crippen molar-refractivity contribution in [2.45, 2.75) is 44.4 Å². The number of carbonyl (C=O) groups excluding carboxylic acids is 1. The molecule has 0 aromatic carbocycles. The molecule has 1 atom stereocenters. The molecular formula is C10H13F3O2. The third kappa shape index (κ3) is 2.08. The first-order valence-corrected chi connectivity index (χ1v) is 4.93. The SMILES string of the molecule is CCOC1(C(F)(F)F)CCCCC1=C=O. The second-order valence-corrected chi connectivity index (χ2v) is 3.55. The van der Waals surface area contributed by atoms with Crippen molar-refractivity contribution in [1.82, 2.24) is 0 Å². The van der Waals surface area contributed by atoms with Crippen LogP contribution in [0.4, 0.5) is 13.2 Å². The molecule has 1 saturated carbocycles. The van der Waals surface area contributed by atoms with Crippen molar-refractivity contribution >= 4 is 5.94 Å². The number of ether oxygens (including phenoxy) is 1. The number of halogens is 3. The van der Waals surface area contributed by atoms with Gasteiger partial charge in [-0.15, -0.1) is 0 Å². The lowest BCUT2D eigenvalue weighted by Gasteiger charge is -2.38. The zero-order chi connectivity index (χ0) is 11.5. The quantitative estimate of drug-likeness (QED) is 0.671. The molecule has 1 fully saturated rings. The summed E-state index contributed by atoms with van der Waals surface area (Å²) in [5.41, 5.74) is -2.66. The summed E-state index contributed by atoms with van der Waals surface area (Å²) in [5, 5.41) is 0. The van der Waals surface area contributed by atoms with Crippen molar-refractivity contribution in [3.63, 3.8) is 0 Å². The maximum Gasteiger partial charge on any atom is 0.422 e. The molecular weight excluding hydrogens is 209 g/mol. The molecule has 1 rings (SSSR count). The van der Waals surface area contributed by atoms with E-state index >= 15 is 0 Å². The maximum atomic E-state index is 12.9. The summed E-state index contributed by atoms with van der Waals surface area (Å²) < 4.78 is 43.5. The molecule has 1 unspecified atom stereocenters. The highest BCUT2D eigenvalue weighted by molar-refractivity contribution is 5.57. The first-order chi connectivity index (χ1) is 6.98. The minimum absolute atomic E-state index is 0.0648. The summed E-state index contributed by atoms with van der Waals surface area (Å²) >= 11 is 0. The Hall–Kier alpha value is -0.800. The van der Waals surface area contributed by atoms with Gasteiger partial charge in [0.1, 0.15) is 5.94 Å². The Morgan fingerprint density at radius 2 is 2.13 bits per heavy atom. The fourth-order valence-electron chi connectivity index (χ4n) is 1.96. The van der Waals surface area contributed by atoms with Crippen LogP contribution in [0.3, 0.4) is 0 Å². The fraction of sp³-hybridized carbons (Fsp3) is 0.800. The van der Waals surface area contributed by atoms with Gasteiger partial charge in [-0.3, -0.25) is 0 Å². The number of alkyl halides is 3. The molecule has 0 N–H and O–H groups in total. The first kappa shape index (κ1) is 12.3. The van der Waals surface area contributed by atoms with Crippen LogP contribution >= 0.6 is 0 Å². The highest BCUT2D eigenvalue weighted by Crippen LogP contribution is 2.46. The van der Waals surface area contributed by atoms with E-state index in [1.54, 1.807) is 0 Å². The van der Waals surface area contributed by atoms with Gasteiger partial charge in [0.2, 0.25) is 0 Å². The van der Waals surface area contributed by atoms with Crippen molar-refractivity contribution in [2.24, 2.45) is 0 Å². The molecule has 0 amide bonds. The van der Waals surface area contributed by atoms with E-state index in [0.29, 0.717) is 12.8 Å². The van der Waals surface area contributed by atoms with Crippen LogP contribution in [0.15, 0.2) is 5.57 Å². The van der Waals surface area contributed by atoms with E-state index in [4.69, 9.17) is 4.74 Å². The lowest BCUT2D eigenvalue weighted by atomic mass is 9.80. The van der Waals surface area contributed by atoms with Gasteiger partial charge in [0, 0.05) is 6.61 Å². The summed E-state index contributed by atoms with van der Waals surface area (Å²) in [7, 11) is 0. The summed E-state index contributed by atoms with van der Waals surface area (Å²) in [4.78, 5) is 10.6. The Labute approximate surface area is 86.1 Å². The first-order valence-electron chi connectivity index (χ1n) is 4.93. The number of hydrogen-bond acceptors (Lipinski definition) is 2. The zero-order valence-electron chi connectivity index (χ0n) is 8.49. The average Bonchev–Trinajstić information content (AvgIpc) is 2.17. The Bertz CT molecular complexity index is 275. The Morgan fingerprint density at radius 1 is 1.47 bits per heavy atom. The third-order valence-corrected chi connectivity index (χ3v) is 2.66. The second kappa shape index (κ2) is 4.37. The molecule has 0 aromatic rings. The Morgan fingerprint density at radius 3 is 2.60 bits per heavy atom. The van der Waals surface area contributed by atoms with E-state index in [1.165, 1.54) is 12.9 Å². The average molecular weight is 222 g/mol. The highest BCUT2D eigenvalue weighted by atomic mass is 19.4. The molecule has 0 bridgehead atoms. The highest BCUT2D eigenvalue weighted by Gasteiger charge is 2.59. The zero-order valence-corrected chi connectivity index (χ0v) is 8.49. The van der Waals surface area contributed by atoms with Crippen molar-refractivity contribution in [1.29, 1.82) is 0 Å². The Balaban J connectivity index is 3.12. The van der Waals surface area contributed by atoms with Crippen molar-refractivity contribution in [3.8, 4) is 0 Å². The molecule has 2 nitrogen and oxygen atoms in total. The summed E-state index contributed by atoms with van der Waals surface area (Å²) in [5.74, 6) is 1.41. The van der Waals surface area contributed by atoms with Crippen LogP contribution in [0.5, 0.6) is 0 Å². The topological polar surface area (TPSA) is 26.3 Å². The summed E-state index contributed by atoms with van der Waals surface area (Å²) in [6, 6.07) is 0. The molecule has 0 aromatic heterocycles. The summed E-state index contributed by atoms with van der Waals surface area (Å²) in [6.45, 7) is 1.43. The standard InChI is InChI=1S/C10H13F3O2/c1-2-15-9(10(11,12)13)6-4-3-5-8(9)7-14/h2-6H2,1H3. The molecule has 86 valence electrons. The molecule has 0 radical (unpaired) electrons. The van der Waals surface area contributed by atoms with Crippen LogP contribution in [0.2, 0.25) is 0 Å². The van der Waals surface area contributed by atoms with Gasteiger partial charge in [-0.05, 0) is 32.6 Å². The maximum absolute atomic E-state index is 12.9. The molecule has 0 saturated heterocycles. The molecule has 0 heterocycles. The normalized spacial score (nSPS) is 27.6. The number of rotatable bonds is 2. The van der Waals surface area contributed by atoms with Gasteiger partial charge in [0.15, 0.2) is 5.60 Å². The van der Waals surface area contributed by atoms with Crippen LogP contribution in [-0.2, 0) is 9.53 Å². The predicted octanol–water partition coefficient (Wildman–Crippen LogP) is 2.66. The van der Waals surface area contributed by atoms with E-state index in [-0.39, 0.29) is 25.0 Å². The molecule has 0 aliphatic heterocycles. The van der Waals surface area contributed by atoms with Crippen LogP contribution in [-0.4, -0.2) is 24.3 Å². The van der Waals surface area contributed by atoms with E-state index in [0.717, 1.165) is 0 Å². The molecule has 0 spiro atoms. The minimum atomic E-state index is -4.53. The molecule has 1 aliphatic rings. The van der Waals surface area contributed by atoms with E-state index in [2.05, 4.69) is 0 Å².